The lowest BCUT2D eigenvalue weighted by atomic mass is 10.3. The highest BCUT2D eigenvalue weighted by Gasteiger charge is 2.31. The molecule has 10 nitrogen and oxygen atoms in total. The molecule has 0 aromatic carbocycles. The number of nitrogens with zero attached hydrogens (tertiary/aromatic N) is 7. The van der Waals surface area contributed by atoms with Crippen molar-refractivity contribution < 1.29 is 13.2 Å². The van der Waals surface area contributed by atoms with Crippen molar-refractivity contribution in [3.63, 3.8) is 0 Å². The van der Waals surface area contributed by atoms with E-state index in [9.17, 15) is 8.42 Å². The van der Waals surface area contributed by atoms with Gasteiger partial charge in [0.15, 0.2) is 5.03 Å². The van der Waals surface area contributed by atoms with Crippen LogP contribution in [-0.4, -0.2) is 84.7 Å². The fourth-order valence-electron chi connectivity index (χ4n) is 3.42. The Morgan fingerprint density at radius 2 is 1.71 bits per heavy atom. The fourth-order valence-corrected chi connectivity index (χ4v) is 4.80. The second kappa shape index (κ2) is 7.64. The summed E-state index contributed by atoms with van der Waals surface area (Å²) in [6.45, 7) is 6.81. The van der Waals surface area contributed by atoms with Crippen LogP contribution in [0, 0.1) is 6.92 Å². The van der Waals surface area contributed by atoms with Crippen LogP contribution >= 0.6 is 0 Å². The third kappa shape index (κ3) is 3.82. The number of rotatable bonds is 4. The number of ether oxygens (including phenoxy) is 1. The van der Waals surface area contributed by atoms with Gasteiger partial charge in [0.1, 0.15) is 5.82 Å². The average molecular weight is 408 g/mol. The van der Waals surface area contributed by atoms with Crippen LogP contribution < -0.4 is 9.80 Å². The van der Waals surface area contributed by atoms with Gasteiger partial charge < -0.3 is 19.1 Å². The molecule has 0 atom stereocenters. The molecule has 0 bridgehead atoms. The van der Waals surface area contributed by atoms with Crippen molar-refractivity contribution in [1.82, 2.24) is 23.8 Å². The highest BCUT2D eigenvalue weighted by atomic mass is 32.2. The van der Waals surface area contributed by atoms with E-state index in [1.165, 1.54) is 16.8 Å². The van der Waals surface area contributed by atoms with Gasteiger partial charge in [-0.1, -0.05) is 0 Å². The number of aromatic nitrogens is 4. The summed E-state index contributed by atoms with van der Waals surface area (Å²) >= 11 is 0. The Morgan fingerprint density at radius 1 is 1.00 bits per heavy atom. The highest BCUT2D eigenvalue weighted by molar-refractivity contribution is 7.89. The number of sulfonamides is 1. The minimum atomic E-state index is -3.56. The Bertz CT molecular complexity index is 932. The summed E-state index contributed by atoms with van der Waals surface area (Å²) < 4.78 is 34.0. The molecule has 0 spiro atoms. The first kappa shape index (κ1) is 19.1. The van der Waals surface area contributed by atoms with Gasteiger partial charge in [0.2, 0.25) is 5.95 Å². The molecule has 0 unspecified atom stereocenters. The van der Waals surface area contributed by atoms with Crippen LogP contribution in [0.15, 0.2) is 23.6 Å². The summed E-state index contributed by atoms with van der Waals surface area (Å²) in [5.41, 5.74) is 0.898. The zero-order valence-corrected chi connectivity index (χ0v) is 17.0. The molecule has 2 saturated heterocycles. The average Bonchev–Trinajstić information content (AvgIpc) is 3.15. The molecular formula is C17H25N7O3S. The first-order valence-electron chi connectivity index (χ1n) is 9.35. The van der Waals surface area contributed by atoms with Gasteiger partial charge in [-0.25, -0.2) is 18.4 Å². The Morgan fingerprint density at radius 3 is 2.36 bits per heavy atom. The van der Waals surface area contributed by atoms with Crippen LogP contribution in [0.3, 0.4) is 0 Å². The Hall–Kier alpha value is -2.24. The van der Waals surface area contributed by atoms with E-state index in [1.807, 2.05) is 13.0 Å². The lowest BCUT2D eigenvalue weighted by Gasteiger charge is -2.35. The first-order chi connectivity index (χ1) is 13.4. The number of imidazole rings is 1. The zero-order chi connectivity index (χ0) is 19.7. The Kier molecular flexibility index (Phi) is 5.21. The second-order valence-electron chi connectivity index (χ2n) is 7.04. The van der Waals surface area contributed by atoms with Crippen molar-refractivity contribution in [2.75, 3.05) is 62.3 Å². The van der Waals surface area contributed by atoms with Gasteiger partial charge in [0.25, 0.3) is 10.0 Å². The lowest BCUT2D eigenvalue weighted by Crippen LogP contribution is -2.49. The van der Waals surface area contributed by atoms with Crippen LogP contribution in [0.1, 0.15) is 5.69 Å². The number of anilines is 2. The van der Waals surface area contributed by atoms with Crippen LogP contribution in [0.5, 0.6) is 0 Å². The summed E-state index contributed by atoms with van der Waals surface area (Å²) in [6, 6.07) is 1.95. The summed E-state index contributed by atoms with van der Waals surface area (Å²) in [7, 11) is -1.80. The summed E-state index contributed by atoms with van der Waals surface area (Å²) in [5.74, 6) is 1.55. The molecule has 2 aromatic heterocycles. The molecule has 28 heavy (non-hydrogen) atoms. The third-order valence-electron chi connectivity index (χ3n) is 4.97. The van der Waals surface area contributed by atoms with Crippen molar-refractivity contribution in [3.8, 4) is 0 Å². The molecule has 2 aromatic rings. The van der Waals surface area contributed by atoms with Crippen molar-refractivity contribution in [3.05, 3.63) is 24.3 Å². The number of morpholine rings is 1. The predicted octanol–water partition coefficient (Wildman–Crippen LogP) is -0.134. The minimum absolute atomic E-state index is 0.0935. The van der Waals surface area contributed by atoms with E-state index >= 15 is 0 Å². The van der Waals surface area contributed by atoms with E-state index in [1.54, 1.807) is 11.6 Å². The lowest BCUT2D eigenvalue weighted by molar-refractivity contribution is 0.122. The van der Waals surface area contributed by atoms with E-state index in [4.69, 9.17) is 9.72 Å². The van der Waals surface area contributed by atoms with Crippen LogP contribution in [0.2, 0.25) is 0 Å². The van der Waals surface area contributed by atoms with E-state index in [0.717, 1.165) is 24.6 Å². The maximum Gasteiger partial charge on any atom is 0.262 e. The maximum atomic E-state index is 12.7. The molecule has 11 heteroatoms. The predicted molar refractivity (Wildman–Crippen MR) is 104 cm³/mol. The zero-order valence-electron chi connectivity index (χ0n) is 16.2. The normalized spacial score (nSPS) is 19.2. The van der Waals surface area contributed by atoms with Gasteiger partial charge >= 0.3 is 0 Å². The molecule has 2 fully saturated rings. The molecule has 0 N–H and O–H groups in total. The van der Waals surface area contributed by atoms with E-state index < -0.39 is 10.0 Å². The van der Waals surface area contributed by atoms with Crippen molar-refractivity contribution in [2.24, 2.45) is 7.05 Å². The topological polar surface area (TPSA) is 96.7 Å². The van der Waals surface area contributed by atoms with Gasteiger partial charge in [0, 0.05) is 64.3 Å². The van der Waals surface area contributed by atoms with Crippen molar-refractivity contribution in [2.45, 2.75) is 11.9 Å². The number of hydrogen-bond donors (Lipinski definition) is 0. The van der Waals surface area contributed by atoms with Gasteiger partial charge in [-0.2, -0.15) is 9.29 Å². The number of aryl methyl sites for hydroxylation is 2. The van der Waals surface area contributed by atoms with E-state index in [-0.39, 0.29) is 5.03 Å². The smallest absolute Gasteiger partial charge is 0.262 e. The summed E-state index contributed by atoms with van der Waals surface area (Å²) in [4.78, 5) is 17.5. The Labute approximate surface area is 164 Å². The van der Waals surface area contributed by atoms with Gasteiger partial charge in [0.05, 0.1) is 19.5 Å². The molecular weight excluding hydrogens is 382 g/mol. The van der Waals surface area contributed by atoms with Gasteiger partial charge in [-0.05, 0) is 6.92 Å². The molecule has 2 aliphatic heterocycles. The quantitative estimate of drug-likeness (QED) is 0.691. The highest BCUT2D eigenvalue weighted by Crippen LogP contribution is 2.22. The van der Waals surface area contributed by atoms with Crippen molar-refractivity contribution in [1.29, 1.82) is 0 Å². The van der Waals surface area contributed by atoms with Crippen molar-refractivity contribution >= 4 is 21.8 Å². The summed E-state index contributed by atoms with van der Waals surface area (Å²) in [5, 5.41) is 0.0935. The van der Waals surface area contributed by atoms with Crippen LogP contribution in [0.4, 0.5) is 11.8 Å². The molecule has 0 saturated carbocycles. The monoisotopic (exact) mass is 407 g/mol. The molecule has 0 aliphatic carbocycles. The molecule has 4 rings (SSSR count). The first-order valence-corrected chi connectivity index (χ1v) is 10.8. The number of piperazine rings is 1. The molecule has 4 heterocycles. The number of hydrogen-bond acceptors (Lipinski definition) is 8. The molecule has 152 valence electrons. The van der Waals surface area contributed by atoms with E-state index in [2.05, 4.69) is 19.8 Å². The van der Waals surface area contributed by atoms with Gasteiger partial charge in [-0.15, -0.1) is 0 Å². The third-order valence-corrected chi connectivity index (χ3v) is 6.76. The second-order valence-corrected chi connectivity index (χ2v) is 8.92. The fraction of sp³-hybridized carbons (Fsp3) is 0.588. The standard InChI is InChI=1S/C17H25N7O3S/c1-14-11-15(20-17(19-14)23-7-9-27-10-8-23)22-3-5-24(6-4-22)28(25,26)16-12-21(2)13-18-16/h11-13H,3-10H2,1-2H3. The minimum Gasteiger partial charge on any atom is -0.378 e. The maximum absolute atomic E-state index is 12.7. The Balaban J connectivity index is 1.47. The summed E-state index contributed by atoms with van der Waals surface area (Å²) in [6.07, 6.45) is 3.03. The SMILES string of the molecule is Cc1cc(N2CCN(S(=O)(=O)c3cn(C)cn3)CC2)nc(N2CCOCC2)n1. The van der Waals surface area contributed by atoms with Crippen LogP contribution in [0.25, 0.3) is 0 Å². The van der Waals surface area contributed by atoms with Crippen LogP contribution in [-0.2, 0) is 21.8 Å². The largest absolute Gasteiger partial charge is 0.378 e. The molecule has 0 radical (unpaired) electrons. The van der Waals surface area contributed by atoms with Gasteiger partial charge in [-0.3, -0.25) is 0 Å². The van der Waals surface area contributed by atoms with E-state index in [0.29, 0.717) is 45.3 Å². The molecule has 2 aliphatic rings. The molecule has 0 amide bonds.